The molecule has 1 aliphatic rings. The Balaban J connectivity index is 1.67. The first-order valence-electron chi connectivity index (χ1n) is 9.91. The Morgan fingerprint density at radius 3 is 2.73 bits per heavy atom. The fourth-order valence-electron chi connectivity index (χ4n) is 3.59. The molecular weight excluding hydrogens is 386 g/mol. The van der Waals surface area contributed by atoms with Gasteiger partial charge in [0.15, 0.2) is 6.61 Å². The summed E-state index contributed by atoms with van der Waals surface area (Å²) in [7, 11) is 0. The van der Waals surface area contributed by atoms with Crippen LogP contribution in [0.4, 0.5) is 17.1 Å². The Bertz CT molecular complexity index is 960. The fourth-order valence-corrected chi connectivity index (χ4v) is 3.59. The number of nitro groups is 1. The molecule has 0 radical (unpaired) electrons. The van der Waals surface area contributed by atoms with Gasteiger partial charge in [-0.15, -0.1) is 0 Å². The van der Waals surface area contributed by atoms with Crippen LogP contribution in [0, 0.1) is 23.0 Å². The standard InChI is InChI=1S/C22H25N3O5/c1-15-6-5-11-24(13-15)19-10-9-17(12-20(19)25(28)29)22(27)30-14-21(26)23-18-8-4-3-7-16(18)2/h3-4,7-10,12,15H,5-6,11,13-14H2,1-2H3,(H,23,26)/t15-/m1/s1. The Labute approximate surface area is 175 Å². The highest BCUT2D eigenvalue weighted by atomic mass is 16.6. The highest BCUT2D eigenvalue weighted by molar-refractivity contribution is 5.96. The number of carbonyl (C=O) groups is 2. The van der Waals surface area contributed by atoms with Crippen LogP contribution in [-0.2, 0) is 9.53 Å². The number of amides is 1. The van der Waals surface area contributed by atoms with Gasteiger partial charge in [0.1, 0.15) is 5.69 Å². The van der Waals surface area contributed by atoms with E-state index in [1.165, 1.54) is 12.1 Å². The predicted molar refractivity (Wildman–Crippen MR) is 114 cm³/mol. The van der Waals surface area contributed by atoms with Crippen LogP contribution < -0.4 is 10.2 Å². The molecule has 8 nitrogen and oxygen atoms in total. The molecule has 30 heavy (non-hydrogen) atoms. The molecule has 0 bridgehead atoms. The van der Waals surface area contributed by atoms with Gasteiger partial charge in [-0.25, -0.2) is 4.79 Å². The minimum absolute atomic E-state index is 0.0409. The lowest BCUT2D eigenvalue weighted by Gasteiger charge is -2.32. The number of hydrogen-bond acceptors (Lipinski definition) is 6. The second-order valence-electron chi connectivity index (χ2n) is 7.59. The van der Waals surface area contributed by atoms with Crippen molar-refractivity contribution in [3.8, 4) is 0 Å². The third-order valence-electron chi connectivity index (χ3n) is 5.16. The number of aryl methyl sites for hydroxylation is 1. The van der Waals surface area contributed by atoms with Gasteiger partial charge in [-0.05, 0) is 49.4 Å². The number of rotatable bonds is 6. The quantitative estimate of drug-likeness (QED) is 0.439. The van der Waals surface area contributed by atoms with Crippen molar-refractivity contribution < 1.29 is 19.2 Å². The summed E-state index contributed by atoms with van der Waals surface area (Å²) in [6.45, 7) is 4.97. The highest BCUT2D eigenvalue weighted by Gasteiger charge is 2.25. The van der Waals surface area contributed by atoms with Gasteiger partial charge in [0.2, 0.25) is 0 Å². The van der Waals surface area contributed by atoms with Crippen molar-refractivity contribution in [2.75, 3.05) is 29.9 Å². The summed E-state index contributed by atoms with van der Waals surface area (Å²) in [5.41, 5.74) is 1.92. The average molecular weight is 411 g/mol. The number of carbonyl (C=O) groups excluding carboxylic acids is 2. The van der Waals surface area contributed by atoms with E-state index in [2.05, 4.69) is 12.2 Å². The molecular formula is C22H25N3O5. The van der Waals surface area contributed by atoms with Gasteiger partial charge in [0.25, 0.3) is 11.6 Å². The van der Waals surface area contributed by atoms with Gasteiger partial charge in [0.05, 0.1) is 10.5 Å². The van der Waals surface area contributed by atoms with E-state index in [-0.39, 0.29) is 11.3 Å². The lowest BCUT2D eigenvalue weighted by molar-refractivity contribution is -0.384. The van der Waals surface area contributed by atoms with Crippen molar-refractivity contribution >= 4 is 28.9 Å². The molecule has 158 valence electrons. The normalized spacial score (nSPS) is 16.1. The van der Waals surface area contributed by atoms with E-state index < -0.39 is 23.4 Å². The first kappa shape index (κ1) is 21.3. The number of ether oxygens (including phenoxy) is 1. The molecule has 1 N–H and O–H groups in total. The molecule has 1 aliphatic heterocycles. The smallest absolute Gasteiger partial charge is 0.338 e. The molecule has 0 saturated carbocycles. The highest BCUT2D eigenvalue weighted by Crippen LogP contribution is 2.32. The molecule has 3 rings (SSSR count). The van der Waals surface area contributed by atoms with Crippen molar-refractivity contribution in [3.63, 3.8) is 0 Å². The lowest BCUT2D eigenvalue weighted by atomic mass is 9.99. The molecule has 1 amide bonds. The predicted octanol–water partition coefficient (Wildman–Crippen LogP) is 3.94. The molecule has 0 aromatic heterocycles. The van der Waals surface area contributed by atoms with E-state index in [4.69, 9.17) is 4.74 Å². The Morgan fingerprint density at radius 1 is 1.27 bits per heavy atom. The van der Waals surface area contributed by atoms with Crippen LogP contribution in [0.15, 0.2) is 42.5 Å². The van der Waals surface area contributed by atoms with Gasteiger partial charge in [0, 0.05) is 24.8 Å². The van der Waals surface area contributed by atoms with E-state index >= 15 is 0 Å². The summed E-state index contributed by atoms with van der Waals surface area (Å²) in [5, 5.41) is 14.3. The number of nitrogens with one attached hydrogen (secondary N) is 1. The Hall–Kier alpha value is -3.42. The maximum Gasteiger partial charge on any atom is 0.338 e. The van der Waals surface area contributed by atoms with Gasteiger partial charge in [-0.2, -0.15) is 0 Å². The number of piperidine rings is 1. The average Bonchev–Trinajstić information content (AvgIpc) is 2.73. The van der Waals surface area contributed by atoms with Gasteiger partial charge >= 0.3 is 5.97 Å². The van der Waals surface area contributed by atoms with E-state index in [9.17, 15) is 19.7 Å². The van der Waals surface area contributed by atoms with Crippen LogP contribution in [0.25, 0.3) is 0 Å². The summed E-state index contributed by atoms with van der Waals surface area (Å²) in [6.07, 6.45) is 2.07. The Morgan fingerprint density at radius 2 is 2.03 bits per heavy atom. The zero-order valence-corrected chi connectivity index (χ0v) is 17.1. The topological polar surface area (TPSA) is 102 Å². The number of anilines is 2. The fraction of sp³-hybridized carbons (Fsp3) is 0.364. The van der Waals surface area contributed by atoms with Crippen LogP contribution in [-0.4, -0.2) is 36.5 Å². The summed E-state index contributed by atoms with van der Waals surface area (Å²) in [5.74, 6) is -0.808. The van der Waals surface area contributed by atoms with Crippen molar-refractivity contribution in [1.82, 2.24) is 0 Å². The third kappa shape index (κ3) is 5.14. The minimum atomic E-state index is -0.781. The maximum atomic E-state index is 12.3. The van der Waals surface area contributed by atoms with Crippen molar-refractivity contribution in [3.05, 3.63) is 63.7 Å². The monoisotopic (exact) mass is 411 g/mol. The van der Waals surface area contributed by atoms with E-state index in [0.29, 0.717) is 17.3 Å². The van der Waals surface area contributed by atoms with Crippen LogP contribution in [0.2, 0.25) is 0 Å². The first-order valence-corrected chi connectivity index (χ1v) is 9.91. The zero-order valence-electron chi connectivity index (χ0n) is 17.1. The van der Waals surface area contributed by atoms with E-state index in [1.807, 2.05) is 24.0 Å². The maximum absolute atomic E-state index is 12.3. The second kappa shape index (κ2) is 9.39. The number of nitrogens with zero attached hydrogens (tertiary/aromatic N) is 2. The van der Waals surface area contributed by atoms with Crippen LogP contribution in [0.5, 0.6) is 0 Å². The van der Waals surface area contributed by atoms with E-state index in [0.717, 1.165) is 31.5 Å². The molecule has 8 heteroatoms. The number of esters is 1. The molecule has 2 aromatic rings. The molecule has 1 heterocycles. The van der Waals surface area contributed by atoms with Crippen LogP contribution >= 0.6 is 0 Å². The zero-order chi connectivity index (χ0) is 21.7. The molecule has 0 unspecified atom stereocenters. The molecule has 0 spiro atoms. The SMILES string of the molecule is Cc1ccccc1NC(=O)COC(=O)c1ccc(N2CCC[C@@H](C)C2)c([N+](=O)[O-])c1. The second-order valence-corrected chi connectivity index (χ2v) is 7.59. The largest absolute Gasteiger partial charge is 0.452 e. The number of para-hydroxylation sites is 1. The third-order valence-corrected chi connectivity index (χ3v) is 5.16. The molecule has 1 fully saturated rings. The summed E-state index contributed by atoms with van der Waals surface area (Å²) in [4.78, 5) is 37.5. The van der Waals surface area contributed by atoms with Crippen molar-refractivity contribution in [2.24, 2.45) is 5.92 Å². The van der Waals surface area contributed by atoms with Crippen LogP contribution in [0.1, 0.15) is 35.7 Å². The summed E-state index contributed by atoms with van der Waals surface area (Å²) < 4.78 is 5.05. The van der Waals surface area contributed by atoms with Gasteiger partial charge < -0.3 is 15.0 Å². The molecule has 1 saturated heterocycles. The number of benzene rings is 2. The molecule has 1 atom stereocenters. The molecule has 0 aliphatic carbocycles. The Kier molecular flexibility index (Phi) is 6.66. The lowest BCUT2D eigenvalue weighted by Crippen LogP contribution is -2.34. The first-order chi connectivity index (χ1) is 14.3. The summed E-state index contributed by atoms with van der Waals surface area (Å²) in [6, 6.07) is 11.5. The van der Waals surface area contributed by atoms with Crippen molar-refractivity contribution in [2.45, 2.75) is 26.7 Å². The molecule has 2 aromatic carbocycles. The van der Waals surface area contributed by atoms with Gasteiger partial charge in [-0.3, -0.25) is 14.9 Å². The van der Waals surface area contributed by atoms with Gasteiger partial charge in [-0.1, -0.05) is 25.1 Å². The number of hydrogen-bond donors (Lipinski definition) is 1. The summed E-state index contributed by atoms with van der Waals surface area (Å²) >= 11 is 0. The van der Waals surface area contributed by atoms with Crippen LogP contribution in [0.3, 0.4) is 0 Å². The van der Waals surface area contributed by atoms with E-state index in [1.54, 1.807) is 18.2 Å². The number of nitro benzene ring substituents is 1. The minimum Gasteiger partial charge on any atom is -0.452 e. The van der Waals surface area contributed by atoms with Crippen molar-refractivity contribution in [1.29, 1.82) is 0 Å².